The van der Waals surface area contributed by atoms with Crippen molar-refractivity contribution < 1.29 is 4.59 Å². The van der Waals surface area contributed by atoms with Gasteiger partial charge in [-0.1, -0.05) is 0 Å². The molecule has 0 aromatic carbocycles. The van der Waals surface area contributed by atoms with Gasteiger partial charge in [0.05, 0.1) is 27.2 Å². The highest BCUT2D eigenvalue weighted by atomic mass is 15.7. The van der Waals surface area contributed by atoms with E-state index >= 15 is 0 Å². The van der Waals surface area contributed by atoms with Gasteiger partial charge in [0, 0.05) is 13.5 Å². The van der Waals surface area contributed by atoms with Crippen LogP contribution in [-0.2, 0) is 0 Å². The Morgan fingerprint density at radius 3 is 2.12 bits per heavy atom. The molecule has 0 aromatic rings. The molecule has 0 aliphatic carbocycles. The van der Waals surface area contributed by atoms with Crippen LogP contribution in [0.1, 0.15) is 6.42 Å². The number of quaternary nitrogens is 1. The summed E-state index contributed by atoms with van der Waals surface area (Å²) in [6, 6.07) is 0. The van der Waals surface area contributed by atoms with Crippen molar-refractivity contribution in [2.75, 3.05) is 34.2 Å². The van der Waals surface area contributed by atoms with Gasteiger partial charge in [-0.3, -0.25) is 0 Å². The van der Waals surface area contributed by atoms with Crippen molar-refractivity contribution >= 4 is 0 Å². The third-order valence-electron chi connectivity index (χ3n) is 2.11. The molecular weight excluding hydrogens is 100 g/mol. The second kappa shape index (κ2) is 1.71. The third kappa shape index (κ3) is 0.858. The number of rotatable bonds is 0. The van der Waals surface area contributed by atoms with E-state index < -0.39 is 0 Å². The van der Waals surface area contributed by atoms with E-state index in [1.807, 2.05) is 0 Å². The summed E-state index contributed by atoms with van der Waals surface area (Å²) in [6.07, 6.45) is 1.35. The van der Waals surface area contributed by atoms with Crippen molar-refractivity contribution in [3.8, 4) is 0 Å². The van der Waals surface area contributed by atoms with Gasteiger partial charge in [-0.05, 0) is 0 Å². The van der Waals surface area contributed by atoms with E-state index in [9.17, 15) is 0 Å². The predicted octanol–water partition coefficient (Wildman–Crippen LogP) is 0.313. The van der Waals surface area contributed by atoms with Gasteiger partial charge in [0.15, 0.2) is 0 Å². The van der Waals surface area contributed by atoms with Crippen molar-refractivity contribution in [3.63, 3.8) is 0 Å². The maximum absolute atomic E-state index is 2.36. The van der Waals surface area contributed by atoms with Crippen LogP contribution in [0, 0.1) is 0 Å². The maximum Gasteiger partial charge on any atom is 0.0974 e. The van der Waals surface area contributed by atoms with Crippen LogP contribution in [0.15, 0.2) is 0 Å². The van der Waals surface area contributed by atoms with Crippen LogP contribution in [0.3, 0.4) is 0 Å². The van der Waals surface area contributed by atoms with Crippen molar-refractivity contribution in [1.29, 1.82) is 0 Å². The highest BCUT2D eigenvalue weighted by molar-refractivity contribution is 4.47. The zero-order chi connectivity index (χ0) is 6.20. The van der Waals surface area contributed by atoms with Crippen LogP contribution in [0.5, 0.6) is 0 Å². The third-order valence-corrected chi connectivity index (χ3v) is 2.11. The fourth-order valence-electron chi connectivity index (χ4n) is 1.13. The minimum absolute atomic E-state index is 1.07. The summed E-state index contributed by atoms with van der Waals surface area (Å²) in [4.78, 5) is 0. The Kier molecular flexibility index (Phi) is 1.29. The Bertz CT molecular complexity index is 88.5. The topological polar surface area (TPSA) is 3.24 Å². The molecule has 0 bridgehead atoms. The van der Waals surface area contributed by atoms with E-state index in [1.165, 1.54) is 19.5 Å². The Hall–Kier alpha value is -0.0800. The van der Waals surface area contributed by atoms with Crippen LogP contribution in [0.4, 0.5) is 0 Å². The Labute approximate surface area is 51.3 Å². The molecule has 0 aromatic heterocycles. The first-order valence-electron chi connectivity index (χ1n) is 3.17. The summed E-state index contributed by atoms with van der Waals surface area (Å²) in [6.45, 7) is 2.56. The molecule has 0 N–H and O–H groups in total. The highest BCUT2D eigenvalue weighted by Crippen LogP contribution is 2.11. The molecule has 2 heteroatoms. The van der Waals surface area contributed by atoms with Crippen molar-refractivity contribution in [3.05, 3.63) is 0 Å². The fourth-order valence-corrected chi connectivity index (χ4v) is 1.13. The molecule has 0 atom stereocenters. The van der Waals surface area contributed by atoms with Crippen molar-refractivity contribution in [2.24, 2.45) is 0 Å². The largest absolute Gasteiger partial charge is 0.248 e. The lowest BCUT2D eigenvalue weighted by Crippen LogP contribution is -2.46. The molecule has 8 heavy (non-hydrogen) atoms. The summed E-state index contributed by atoms with van der Waals surface area (Å²) in [5.41, 5.74) is 0. The molecule has 0 amide bonds. The van der Waals surface area contributed by atoms with Gasteiger partial charge >= 0.3 is 0 Å². The predicted molar refractivity (Wildman–Crippen MR) is 34.2 cm³/mol. The van der Waals surface area contributed by atoms with Gasteiger partial charge in [-0.2, -0.15) is 5.01 Å². The fraction of sp³-hybridized carbons (Fsp3) is 1.00. The smallest absolute Gasteiger partial charge is 0.0974 e. The normalized spacial score (nSPS) is 28.9. The minimum atomic E-state index is 1.07. The number of nitrogens with zero attached hydrogens (tertiary/aromatic N) is 2. The lowest BCUT2D eigenvalue weighted by atomic mass is 10.4. The Morgan fingerprint density at radius 2 is 2.00 bits per heavy atom. The Balaban J connectivity index is 2.54. The van der Waals surface area contributed by atoms with E-state index in [2.05, 4.69) is 26.2 Å². The van der Waals surface area contributed by atoms with Crippen molar-refractivity contribution in [1.82, 2.24) is 5.01 Å². The maximum atomic E-state index is 2.36. The molecule has 1 heterocycles. The molecule has 1 aliphatic rings. The quantitative estimate of drug-likeness (QED) is 0.411. The van der Waals surface area contributed by atoms with Crippen LogP contribution in [-0.4, -0.2) is 43.8 Å². The molecule has 1 aliphatic heterocycles. The lowest BCUT2D eigenvalue weighted by molar-refractivity contribution is -0.985. The van der Waals surface area contributed by atoms with Gasteiger partial charge in [-0.25, -0.2) is 4.59 Å². The summed E-state index contributed by atoms with van der Waals surface area (Å²) < 4.78 is 1.07. The van der Waals surface area contributed by atoms with E-state index in [4.69, 9.17) is 0 Å². The molecule has 2 nitrogen and oxygen atoms in total. The number of hydrogen-bond acceptors (Lipinski definition) is 1. The molecule has 0 saturated carbocycles. The molecule has 48 valence electrons. The van der Waals surface area contributed by atoms with Gasteiger partial charge in [0.1, 0.15) is 0 Å². The highest BCUT2D eigenvalue weighted by Gasteiger charge is 2.27. The van der Waals surface area contributed by atoms with Crippen LogP contribution >= 0.6 is 0 Å². The number of hydrogen-bond donors (Lipinski definition) is 0. The average Bonchev–Trinajstić information content (AvgIpc) is 1.86. The van der Waals surface area contributed by atoms with Crippen molar-refractivity contribution in [2.45, 2.75) is 6.42 Å². The Morgan fingerprint density at radius 1 is 1.38 bits per heavy atom. The van der Waals surface area contributed by atoms with Crippen LogP contribution in [0.2, 0.25) is 0 Å². The molecule has 0 spiro atoms. The molecule has 1 rings (SSSR count). The van der Waals surface area contributed by atoms with Gasteiger partial charge in [0.25, 0.3) is 0 Å². The molecular formula is C6H15N2+. The van der Waals surface area contributed by atoms with E-state index in [1.54, 1.807) is 0 Å². The summed E-state index contributed by atoms with van der Waals surface area (Å²) in [7, 11) is 6.66. The first-order valence-corrected chi connectivity index (χ1v) is 3.17. The van der Waals surface area contributed by atoms with E-state index in [0.717, 1.165) is 4.59 Å². The van der Waals surface area contributed by atoms with Crippen LogP contribution < -0.4 is 0 Å². The zero-order valence-corrected chi connectivity index (χ0v) is 6.02. The molecule has 1 fully saturated rings. The molecule has 0 radical (unpaired) electrons. The second-order valence-electron chi connectivity index (χ2n) is 3.08. The minimum Gasteiger partial charge on any atom is -0.248 e. The summed E-state index contributed by atoms with van der Waals surface area (Å²) in [5.74, 6) is 0. The SMILES string of the molecule is CN1CCC[N+]1(C)C. The molecule has 1 saturated heterocycles. The average molecular weight is 115 g/mol. The monoisotopic (exact) mass is 115 g/mol. The lowest BCUT2D eigenvalue weighted by Gasteiger charge is -2.29. The van der Waals surface area contributed by atoms with Gasteiger partial charge in [-0.15, -0.1) is 0 Å². The zero-order valence-electron chi connectivity index (χ0n) is 6.02. The van der Waals surface area contributed by atoms with Gasteiger partial charge < -0.3 is 0 Å². The van der Waals surface area contributed by atoms with Crippen LogP contribution in [0.25, 0.3) is 0 Å². The summed E-state index contributed by atoms with van der Waals surface area (Å²) >= 11 is 0. The first kappa shape index (κ1) is 6.05. The van der Waals surface area contributed by atoms with E-state index in [0.29, 0.717) is 0 Å². The second-order valence-corrected chi connectivity index (χ2v) is 3.08. The summed E-state index contributed by atoms with van der Waals surface area (Å²) in [5, 5.41) is 2.36. The standard InChI is InChI=1S/C6H15N2/c1-7-5-4-6-8(7,2)3/h4-6H2,1-3H3/q+1. The van der Waals surface area contributed by atoms with Gasteiger partial charge in [0.2, 0.25) is 0 Å². The van der Waals surface area contributed by atoms with E-state index in [-0.39, 0.29) is 0 Å². The molecule has 0 unspecified atom stereocenters. The first-order chi connectivity index (χ1) is 3.63.